The molecule has 1 amide bonds. The van der Waals surface area contributed by atoms with Gasteiger partial charge in [-0.05, 0) is 39.7 Å². The fraction of sp³-hybridized carbons (Fsp3) is 0.647. The number of hydrogen-bond acceptors (Lipinski definition) is 4. The highest BCUT2D eigenvalue weighted by Crippen LogP contribution is 2.24. The van der Waals surface area contributed by atoms with Gasteiger partial charge in [-0.1, -0.05) is 13.8 Å². The molecule has 7 heteroatoms. The van der Waals surface area contributed by atoms with Gasteiger partial charge in [0.1, 0.15) is 5.82 Å². The summed E-state index contributed by atoms with van der Waals surface area (Å²) in [5.41, 5.74) is 1.44. The van der Waals surface area contributed by atoms with Crippen LogP contribution < -0.4 is 0 Å². The lowest BCUT2D eigenvalue weighted by molar-refractivity contribution is 0.0699. The summed E-state index contributed by atoms with van der Waals surface area (Å²) in [4.78, 5) is 14.7. The molecule has 3 heterocycles. The molecule has 0 saturated heterocycles. The molecule has 0 bridgehead atoms. The van der Waals surface area contributed by atoms with Crippen molar-refractivity contribution < 1.29 is 4.79 Å². The maximum Gasteiger partial charge on any atom is 0.274 e. The van der Waals surface area contributed by atoms with E-state index in [1.807, 2.05) is 22.6 Å². The molecule has 130 valence electrons. The minimum Gasteiger partial charge on any atom is -0.328 e. The van der Waals surface area contributed by atoms with Crippen molar-refractivity contribution in [3.63, 3.8) is 0 Å². The van der Waals surface area contributed by atoms with Gasteiger partial charge < -0.3 is 9.47 Å². The molecular formula is C17H26N6O. The van der Waals surface area contributed by atoms with Crippen LogP contribution in [0, 0.1) is 6.92 Å². The number of aryl methyl sites for hydroxylation is 1. The molecule has 3 rings (SSSR count). The summed E-state index contributed by atoms with van der Waals surface area (Å²) in [6, 6.07) is 1.93. The molecule has 0 unspecified atom stereocenters. The van der Waals surface area contributed by atoms with Crippen molar-refractivity contribution in [2.75, 3.05) is 6.54 Å². The normalized spacial score (nSPS) is 15.0. The van der Waals surface area contributed by atoms with Gasteiger partial charge in [-0.15, -0.1) is 10.2 Å². The molecule has 1 aliphatic heterocycles. The Morgan fingerprint density at radius 3 is 2.50 bits per heavy atom. The number of rotatable bonds is 2. The standard InChI is InChI=1S/C17H26N6O/c1-11(2)14-9-13(20-23(14)17(4,5)6)16(24)21-7-8-22-12(3)18-19-15(22)10-21/h9,11H,7-8,10H2,1-6H3. The lowest BCUT2D eigenvalue weighted by atomic mass is 10.1. The summed E-state index contributed by atoms with van der Waals surface area (Å²) in [6.45, 7) is 14.4. The molecule has 0 fully saturated rings. The Morgan fingerprint density at radius 1 is 1.21 bits per heavy atom. The third kappa shape index (κ3) is 2.83. The summed E-state index contributed by atoms with van der Waals surface area (Å²) in [6.07, 6.45) is 0. The first kappa shape index (κ1) is 16.7. The number of fused-ring (bicyclic) bond motifs is 1. The molecule has 0 aliphatic carbocycles. The molecule has 0 aromatic carbocycles. The minimum absolute atomic E-state index is 0.0354. The number of nitrogens with zero attached hydrogens (tertiary/aromatic N) is 6. The minimum atomic E-state index is -0.155. The van der Waals surface area contributed by atoms with Crippen molar-refractivity contribution in [3.05, 3.63) is 29.1 Å². The molecular weight excluding hydrogens is 304 g/mol. The van der Waals surface area contributed by atoms with Crippen molar-refractivity contribution in [1.29, 1.82) is 0 Å². The van der Waals surface area contributed by atoms with E-state index in [1.54, 1.807) is 0 Å². The van der Waals surface area contributed by atoms with Gasteiger partial charge in [-0.3, -0.25) is 9.48 Å². The van der Waals surface area contributed by atoms with Crippen LogP contribution in [0.25, 0.3) is 0 Å². The topological polar surface area (TPSA) is 68.8 Å². The molecule has 2 aromatic rings. The number of carbonyl (C=O) groups is 1. The first-order valence-electron chi connectivity index (χ1n) is 8.47. The third-order valence-electron chi connectivity index (χ3n) is 4.41. The van der Waals surface area contributed by atoms with E-state index in [9.17, 15) is 4.79 Å². The number of amides is 1. The SMILES string of the molecule is Cc1nnc2n1CCN(C(=O)c1cc(C(C)C)n(C(C)(C)C)n1)C2. The fourth-order valence-corrected chi connectivity index (χ4v) is 3.09. The van der Waals surface area contributed by atoms with Gasteiger partial charge in [0.2, 0.25) is 0 Å². The van der Waals surface area contributed by atoms with E-state index >= 15 is 0 Å². The second-order valence-corrected chi connectivity index (χ2v) is 7.73. The highest BCUT2D eigenvalue weighted by Gasteiger charge is 2.28. The highest BCUT2D eigenvalue weighted by molar-refractivity contribution is 5.92. The average molecular weight is 330 g/mol. The van der Waals surface area contributed by atoms with E-state index in [0.717, 1.165) is 23.9 Å². The van der Waals surface area contributed by atoms with Crippen molar-refractivity contribution in [1.82, 2.24) is 29.4 Å². The lowest BCUT2D eigenvalue weighted by Gasteiger charge is -2.27. The predicted molar refractivity (Wildman–Crippen MR) is 90.8 cm³/mol. The second-order valence-electron chi connectivity index (χ2n) is 7.73. The van der Waals surface area contributed by atoms with Crippen LogP contribution in [0.3, 0.4) is 0 Å². The van der Waals surface area contributed by atoms with Crippen LogP contribution >= 0.6 is 0 Å². The van der Waals surface area contributed by atoms with Crippen LogP contribution in [0.5, 0.6) is 0 Å². The zero-order chi connectivity index (χ0) is 17.6. The van der Waals surface area contributed by atoms with E-state index in [-0.39, 0.29) is 11.4 Å². The highest BCUT2D eigenvalue weighted by atomic mass is 16.2. The molecule has 0 radical (unpaired) electrons. The van der Waals surface area contributed by atoms with Gasteiger partial charge in [0.05, 0.1) is 12.1 Å². The van der Waals surface area contributed by atoms with Gasteiger partial charge in [0, 0.05) is 18.8 Å². The first-order valence-corrected chi connectivity index (χ1v) is 8.47. The summed E-state index contributed by atoms with van der Waals surface area (Å²) < 4.78 is 4.04. The van der Waals surface area contributed by atoms with E-state index in [2.05, 4.69) is 54.5 Å². The van der Waals surface area contributed by atoms with Gasteiger partial charge in [0.15, 0.2) is 11.5 Å². The largest absolute Gasteiger partial charge is 0.328 e. The van der Waals surface area contributed by atoms with Gasteiger partial charge in [0.25, 0.3) is 5.91 Å². The van der Waals surface area contributed by atoms with Crippen molar-refractivity contribution >= 4 is 5.91 Å². The zero-order valence-electron chi connectivity index (χ0n) is 15.4. The summed E-state index contributed by atoms with van der Waals surface area (Å²) in [7, 11) is 0. The lowest BCUT2D eigenvalue weighted by Crippen LogP contribution is -2.39. The molecule has 0 atom stereocenters. The third-order valence-corrected chi connectivity index (χ3v) is 4.41. The van der Waals surface area contributed by atoms with Crippen LogP contribution in [0.15, 0.2) is 6.07 Å². The Kier molecular flexibility index (Phi) is 3.97. The molecule has 2 aromatic heterocycles. The smallest absolute Gasteiger partial charge is 0.274 e. The molecule has 24 heavy (non-hydrogen) atoms. The average Bonchev–Trinajstić information content (AvgIpc) is 3.10. The van der Waals surface area contributed by atoms with Crippen LogP contribution in [0.4, 0.5) is 0 Å². The van der Waals surface area contributed by atoms with Crippen LogP contribution in [0.2, 0.25) is 0 Å². The number of carbonyl (C=O) groups excluding carboxylic acids is 1. The Labute approximate surface area is 142 Å². The number of aromatic nitrogens is 5. The Hall–Kier alpha value is -2.18. The van der Waals surface area contributed by atoms with Gasteiger partial charge in [-0.25, -0.2) is 0 Å². The Bertz CT molecular complexity index is 765. The van der Waals surface area contributed by atoms with Crippen LogP contribution in [0.1, 0.15) is 68.4 Å². The van der Waals surface area contributed by atoms with Gasteiger partial charge in [-0.2, -0.15) is 5.10 Å². The second kappa shape index (κ2) is 5.72. The van der Waals surface area contributed by atoms with Crippen molar-refractivity contribution in [2.24, 2.45) is 0 Å². The maximum atomic E-state index is 12.9. The fourth-order valence-electron chi connectivity index (χ4n) is 3.09. The molecule has 0 spiro atoms. The summed E-state index contributed by atoms with van der Waals surface area (Å²) in [5, 5.41) is 12.9. The monoisotopic (exact) mass is 330 g/mol. The van der Waals surface area contributed by atoms with E-state index in [0.29, 0.717) is 24.7 Å². The molecule has 7 nitrogen and oxygen atoms in total. The van der Waals surface area contributed by atoms with Crippen LogP contribution in [-0.4, -0.2) is 41.9 Å². The maximum absolute atomic E-state index is 12.9. The summed E-state index contributed by atoms with van der Waals surface area (Å²) in [5.74, 6) is 2.01. The van der Waals surface area contributed by atoms with E-state index < -0.39 is 0 Å². The van der Waals surface area contributed by atoms with E-state index in [4.69, 9.17) is 0 Å². The predicted octanol–water partition coefficient (Wildman–Crippen LogP) is 2.32. The van der Waals surface area contributed by atoms with Crippen LogP contribution in [-0.2, 0) is 18.6 Å². The van der Waals surface area contributed by atoms with Crippen molar-refractivity contribution in [3.8, 4) is 0 Å². The molecule has 0 saturated carbocycles. The Morgan fingerprint density at radius 2 is 1.92 bits per heavy atom. The molecule has 0 N–H and O–H groups in total. The quantitative estimate of drug-likeness (QED) is 0.847. The van der Waals surface area contributed by atoms with E-state index in [1.165, 1.54) is 0 Å². The first-order chi connectivity index (χ1) is 11.2. The number of hydrogen-bond donors (Lipinski definition) is 0. The molecule has 1 aliphatic rings. The van der Waals surface area contributed by atoms with Gasteiger partial charge >= 0.3 is 0 Å². The summed E-state index contributed by atoms with van der Waals surface area (Å²) >= 11 is 0. The zero-order valence-corrected chi connectivity index (χ0v) is 15.4. The Balaban J connectivity index is 1.88. The van der Waals surface area contributed by atoms with Crippen molar-refractivity contribution in [2.45, 2.75) is 66.1 Å².